The van der Waals surface area contributed by atoms with Crippen LogP contribution < -0.4 is 0 Å². The number of nitriles is 1. The molecule has 4 nitrogen and oxygen atoms in total. The van der Waals surface area contributed by atoms with Crippen molar-refractivity contribution in [2.24, 2.45) is 0 Å². The molecule has 0 saturated heterocycles. The number of aromatic nitrogens is 1. The number of rotatable bonds is 5. The van der Waals surface area contributed by atoms with Crippen molar-refractivity contribution in [3.63, 3.8) is 0 Å². The Kier molecular flexibility index (Phi) is 5.81. The van der Waals surface area contributed by atoms with Gasteiger partial charge in [-0.25, -0.2) is 4.98 Å². The third-order valence-electron chi connectivity index (χ3n) is 2.04. The predicted octanol–water partition coefficient (Wildman–Crippen LogP) is 2.20. The van der Waals surface area contributed by atoms with Crippen LogP contribution in [0.1, 0.15) is 6.42 Å². The lowest BCUT2D eigenvalue weighted by molar-refractivity contribution is -0.127. The van der Waals surface area contributed by atoms with Crippen LogP contribution in [0.2, 0.25) is 5.02 Å². The van der Waals surface area contributed by atoms with Crippen LogP contribution in [-0.4, -0.2) is 35.1 Å². The summed E-state index contributed by atoms with van der Waals surface area (Å²) in [5.74, 6) is 0.241. The van der Waals surface area contributed by atoms with Crippen LogP contribution >= 0.6 is 23.4 Å². The van der Waals surface area contributed by atoms with Gasteiger partial charge in [0.1, 0.15) is 5.03 Å². The van der Waals surface area contributed by atoms with Gasteiger partial charge in [-0.2, -0.15) is 5.26 Å². The number of pyridine rings is 1. The maximum Gasteiger partial charge on any atom is 0.232 e. The normalized spacial score (nSPS) is 9.71. The van der Waals surface area contributed by atoms with Gasteiger partial charge in [-0.3, -0.25) is 4.79 Å². The number of hydrogen-bond donors (Lipinski definition) is 0. The second kappa shape index (κ2) is 7.15. The van der Waals surface area contributed by atoms with E-state index in [2.05, 4.69) is 4.98 Å². The zero-order valence-electron chi connectivity index (χ0n) is 9.39. The van der Waals surface area contributed by atoms with Gasteiger partial charge in [0.2, 0.25) is 5.91 Å². The van der Waals surface area contributed by atoms with Gasteiger partial charge in [-0.15, -0.1) is 0 Å². The van der Waals surface area contributed by atoms with Crippen LogP contribution in [0.25, 0.3) is 0 Å². The van der Waals surface area contributed by atoms with Gasteiger partial charge in [0.05, 0.1) is 23.3 Å². The Hall–Kier alpha value is -1.25. The first-order valence-electron chi connectivity index (χ1n) is 4.99. The van der Waals surface area contributed by atoms with Crippen molar-refractivity contribution in [2.45, 2.75) is 11.4 Å². The summed E-state index contributed by atoms with van der Waals surface area (Å²) in [4.78, 5) is 17.3. The molecule has 1 aromatic rings. The van der Waals surface area contributed by atoms with E-state index in [0.29, 0.717) is 23.0 Å². The molecule has 1 rings (SSSR count). The quantitative estimate of drug-likeness (QED) is 0.769. The van der Waals surface area contributed by atoms with Crippen molar-refractivity contribution >= 4 is 29.3 Å². The summed E-state index contributed by atoms with van der Waals surface area (Å²) in [6.45, 7) is 0.450. The summed E-state index contributed by atoms with van der Waals surface area (Å²) in [6, 6.07) is 5.48. The first-order chi connectivity index (χ1) is 8.15. The van der Waals surface area contributed by atoms with E-state index in [9.17, 15) is 4.79 Å². The topological polar surface area (TPSA) is 57.0 Å². The Morgan fingerprint density at radius 2 is 2.47 bits per heavy atom. The number of hydrogen-bond acceptors (Lipinski definition) is 4. The average molecular weight is 270 g/mol. The van der Waals surface area contributed by atoms with Gasteiger partial charge in [0.15, 0.2) is 0 Å². The summed E-state index contributed by atoms with van der Waals surface area (Å²) in [6.07, 6.45) is 1.98. The molecule has 6 heteroatoms. The summed E-state index contributed by atoms with van der Waals surface area (Å²) < 4.78 is 0. The highest BCUT2D eigenvalue weighted by Crippen LogP contribution is 2.23. The maximum atomic E-state index is 11.7. The van der Waals surface area contributed by atoms with Crippen LogP contribution in [-0.2, 0) is 4.79 Å². The van der Waals surface area contributed by atoms with Gasteiger partial charge >= 0.3 is 0 Å². The maximum absolute atomic E-state index is 11.7. The molecule has 0 aliphatic carbocycles. The second-order valence-electron chi connectivity index (χ2n) is 3.30. The monoisotopic (exact) mass is 269 g/mol. The van der Waals surface area contributed by atoms with E-state index in [4.69, 9.17) is 16.9 Å². The van der Waals surface area contributed by atoms with Crippen molar-refractivity contribution in [3.05, 3.63) is 23.4 Å². The number of amides is 1. The standard InChI is InChI=1S/C11H12ClN3OS/c1-15(7-3-5-13)10(16)8-17-11-9(12)4-2-6-14-11/h2,4,6H,3,7-8H2,1H3. The molecule has 90 valence electrons. The van der Waals surface area contributed by atoms with Gasteiger partial charge < -0.3 is 4.90 Å². The highest BCUT2D eigenvalue weighted by molar-refractivity contribution is 8.00. The molecule has 0 aliphatic heterocycles. The molecule has 0 spiro atoms. The molecule has 1 heterocycles. The van der Waals surface area contributed by atoms with Crippen LogP contribution in [0, 0.1) is 11.3 Å². The van der Waals surface area contributed by atoms with Gasteiger partial charge in [-0.05, 0) is 12.1 Å². The minimum atomic E-state index is -0.0352. The number of carbonyl (C=O) groups excluding carboxylic acids is 1. The van der Waals surface area contributed by atoms with Crippen molar-refractivity contribution in [1.29, 1.82) is 5.26 Å². The number of nitrogens with zero attached hydrogens (tertiary/aromatic N) is 3. The Labute approximate surface area is 110 Å². The average Bonchev–Trinajstić information content (AvgIpc) is 2.34. The van der Waals surface area contributed by atoms with E-state index in [1.54, 1.807) is 25.4 Å². The van der Waals surface area contributed by atoms with E-state index in [1.165, 1.54) is 16.7 Å². The van der Waals surface area contributed by atoms with Crippen LogP contribution in [0.15, 0.2) is 23.4 Å². The summed E-state index contributed by atoms with van der Waals surface area (Å²) in [7, 11) is 1.68. The molecular formula is C11H12ClN3OS. The first kappa shape index (κ1) is 13.8. The third-order valence-corrected chi connectivity index (χ3v) is 3.45. The molecule has 0 aromatic carbocycles. The largest absolute Gasteiger partial charge is 0.344 e. The highest BCUT2D eigenvalue weighted by Gasteiger charge is 2.10. The van der Waals surface area contributed by atoms with Crippen LogP contribution in [0.3, 0.4) is 0 Å². The molecule has 1 aromatic heterocycles. The molecule has 0 unspecified atom stereocenters. The second-order valence-corrected chi connectivity index (χ2v) is 4.67. The summed E-state index contributed by atoms with van der Waals surface area (Å²) >= 11 is 7.22. The van der Waals surface area contributed by atoms with Crippen molar-refractivity contribution in [2.75, 3.05) is 19.3 Å². The number of thioether (sulfide) groups is 1. The van der Waals surface area contributed by atoms with E-state index in [1.807, 2.05) is 6.07 Å². The lowest BCUT2D eigenvalue weighted by atomic mass is 10.4. The van der Waals surface area contributed by atoms with E-state index in [0.717, 1.165) is 0 Å². The molecule has 0 atom stereocenters. The van der Waals surface area contributed by atoms with Gasteiger partial charge in [0.25, 0.3) is 0 Å². The lowest BCUT2D eigenvalue weighted by Gasteiger charge is -2.14. The van der Waals surface area contributed by atoms with Crippen LogP contribution in [0.4, 0.5) is 0 Å². The fourth-order valence-electron chi connectivity index (χ4n) is 1.06. The molecule has 0 fully saturated rings. The van der Waals surface area contributed by atoms with Crippen LogP contribution in [0.5, 0.6) is 0 Å². The summed E-state index contributed by atoms with van der Waals surface area (Å²) in [5.41, 5.74) is 0. The number of halogens is 1. The number of carbonyl (C=O) groups is 1. The van der Waals surface area contributed by atoms with E-state index >= 15 is 0 Å². The SMILES string of the molecule is CN(CCC#N)C(=O)CSc1ncccc1Cl. The zero-order chi connectivity index (χ0) is 12.7. The molecule has 0 bridgehead atoms. The molecule has 0 N–H and O–H groups in total. The molecule has 0 saturated carbocycles. The van der Waals surface area contributed by atoms with Gasteiger partial charge in [-0.1, -0.05) is 23.4 Å². The lowest BCUT2D eigenvalue weighted by Crippen LogP contribution is -2.29. The summed E-state index contributed by atoms with van der Waals surface area (Å²) in [5, 5.41) is 9.62. The molecule has 17 heavy (non-hydrogen) atoms. The molecular weight excluding hydrogens is 258 g/mol. The van der Waals surface area contributed by atoms with Crippen molar-refractivity contribution < 1.29 is 4.79 Å². The van der Waals surface area contributed by atoms with E-state index in [-0.39, 0.29) is 11.7 Å². The van der Waals surface area contributed by atoms with Gasteiger partial charge in [0, 0.05) is 19.8 Å². The first-order valence-corrected chi connectivity index (χ1v) is 6.35. The highest BCUT2D eigenvalue weighted by atomic mass is 35.5. The minimum Gasteiger partial charge on any atom is -0.344 e. The molecule has 0 aliphatic rings. The fraction of sp³-hybridized carbons (Fsp3) is 0.364. The molecule has 1 amide bonds. The smallest absolute Gasteiger partial charge is 0.232 e. The Morgan fingerprint density at radius 3 is 3.12 bits per heavy atom. The fourth-order valence-corrected chi connectivity index (χ4v) is 2.17. The van der Waals surface area contributed by atoms with E-state index < -0.39 is 0 Å². The Morgan fingerprint density at radius 1 is 1.71 bits per heavy atom. The van der Waals surface area contributed by atoms with Crippen molar-refractivity contribution in [3.8, 4) is 6.07 Å². The minimum absolute atomic E-state index is 0.0352. The zero-order valence-corrected chi connectivity index (χ0v) is 11.0. The molecule has 0 radical (unpaired) electrons. The third kappa shape index (κ3) is 4.63. The van der Waals surface area contributed by atoms with Crippen molar-refractivity contribution in [1.82, 2.24) is 9.88 Å². The predicted molar refractivity (Wildman–Crippen MR) is 67.8 cm³/mol. The Bertz CT molecular complexity index is 433. The Balaban J connectivity index is 2.43.